The van der Waals surface area contributed by atoms with Crippen LogP contribution in [0.2, 0.25) is 0 Å². The van der Waals surface area contributed by atoms with E-state index in [0.717, 1.165) is 11.1 Å². The Bertz CT molecular complexity index is 525. The third-order valence-corrected chi connectivity index (χ3v) is 7.10. The van der Waals surface area contributed by atoms with Gasteiger partial charge in [0.25, 0.3) is 0 Å². The average Bonchev–Trinajstić information content (AvgIpc) is 2.47. The minimum absolute atomic E-state index is 0.135. The second-order valence-electron chi connectivity index (χ2n) is 4.94. The molecular weight excluding hydrogens is 292 g/mol. The lowest BCUT2D eigenvalue weighted by Gasteiger charge is -2.26. The fourth-order valence-corrected chi connectivity index (χ4v) is 6.15. The summed E-state index contributed by atoms with van der Waals surface area (Å²) in [6, 6.07) is 9.98. The largest absolute Gasteiger partial charge is 0.497 e. The molecule has 20 heavy (non-hydrogen) atoms. The molecule has 1 fully saturated rings. The zero-order chi connectivity index (χ0) is 14.5. The van der Waals surface area contributed by atoms with Crippen molar-refractivity contribution in [3.05, 3.63) is 42.2 Å². The molecule has 3 nitrogen and oxygen atoms in total. The molecule has 5 heteroatoms. The molecule has 4 unspecified atom stereocenters. The fourth-order valence-electron chi connectivity index (χ4n) is 2.08. The Balaban J connectivity index is 1.99. The van der Waals surface area contributed by atoms with Crippen molar-refractivity contribution in [2.24, 2.45) is 0 Å². The van der Waals surface area contributed by atoms with Crippen LogP contribution in [0.4, 0.5) is 0 Å². The van der Waals surface area contributed by atoms with Crippen molar-refractivity contribution in [3.8, 4) is 0 Å². The van der Waals surface area contributed by atoms with Crippen LogP contribution in [0.5, 0.6) is 0 Å². The molecule has 0 aromatic heterocycles. The van der Waals surface area contributed by atoms with Crippen molar-refractivity contribution in [3.63, 3.8) is 0 Å². The summed E-state index contributed by atoms with van der Waals surface area (Å²) in [5.74, 6) is 1.55. The predicted molar refractivity (Wildman–Crippen MR) is 85.3 cm³/mol. The minimum atomic E-state index is -0.935. The summed E-state index contributed by atoms with van der Waals surface area (Å²) in [6.07, 6.45) is 1.54. The van der Waals surface area contributed by atoms with E-state index >= 15 is 0 Å². The van der Waals surface area contributed by atoms with Crippen molar-refractivity contribution in [1.29, 1.82) is 0 Å². The SMILES string of the molecule is C/C(=C/OC(C)C1CS(=O)CCS1=O)c1ccccc1. The number of benzene rings is 1. The van der Waals surface area contributed by atoms with E-state index in [-0.39, 0.29) is 11.4 Å². The number of hydrogen-bond acceptors (Lipinski definition) is 3. The Morgan fingerprint density at radius 3 is 2.70 bits per heavy atom. The van der Waals surface area contributed by atoms with E-state index < -0.39 is 21.6 Å². The first-order valence-corrected chi connectivity index (χ1v) is 9.54. The Morgan fingerprint density at radius 1 is 1.30 bits per heavy atom. The van der Waals surface area contributed by atoms with Gasteiger partial charge in [0.1, 0.15) is 6.10 Å². The molecule has 2 rings (SSSR count). The predicted octanol–water partition coefficient (Wildman–Crippen LogP) is 2.33. The maximum absolute atomic E-state index is 12.0. The molecule has 1 saturated heterocycles. The quantitative estimate of drug-likeness (QED) is 0.802. The lowest BCUT2D eigenvalue weighted by Crippen LogP contribution is -2.41. The van der Waals surface area contributed by atoms with E-state index in [0.29, 0.717) is 17.3 Å². The van der Waals surface area contributed by atoms with Crippen LogP contribution in [-0.2, 0) is 26.3 Å². The van der Waals surface area contributed by atoms with Crippen LogP contribution < -0.4 is 0 Å². The second kappa shape index (κ2) is 7.18. The van der Waals surface area contributed by atoms with E-state index in [1.165, 1.54) is 0 Å². The van der Waals surface area contributed by atoms with Crippen LogP contribution in [0, 0.1) is 0 Å². The van der Waals surface area contributed by atoms with Gasteiger partial charge in [0.2, 0.25) is 0 Å². The van der Waals surface area contributed by atoms with Gasteiger partial charge in [-0.15, -0.1) is 0 Å². The molecule has 0 spiro atoms. The van der Waals surface area contributed by atoms with E-state index in [2.05, 4.69) is 0 Å². The molecule has 0 N–H and O–H groups in total. The Kier molecular flexibility index (Phi) is 5.54. The van der Waals surface area contributed by atoms with Gasteiger partial charge in [0.05, 0.1) is 11.5 Å². The molecule has 0 aliphatic carbocycles. The van der Waals surface area contributed by atoms with Crippen LogP contribution in [0.3, 0.4) is 0 Å². The third-order valence-electron chi connectivity index (χ3n) is 3.41. The monoisotopic (exact) mass is 312 g/mol. The van der Waals surface area contributed by atoms with Crippen LogP contribution >= 0.6 is 0 Å². The van der Waals surface area contributed by atoms with E-state index in [1.807, 2.05) is 44.2 Å². The standard InChI is InChI=1S/C15H20O3S2/c1-12(14-6-4-3-5-7-14)10-18-13(2)15-11-19(16)8-9-20(15)17/h3-7,10,13,15H,8-9,11H2,1-2H3/b12-10-. The molecule has 0 saturated carbocycles. The molecule has 1 aromatic carbocycles. The topological polar surface area (TPSA) is 43.4 Å². The number of allylic oxidation sites excluding steroid dienone is 1. The molecule has 0 radical (unpaired) electrons. The molecule has 1 aromatic rings. The highest BCUT2D eigenvalue weighted by Gasteiger charge is 2.30. The van der Waals surface area contributed by atoms with Gasteiger partial charge in [-0.1, -0.05) is 30.3 Å². The summed E-state index contributed by atoms with van der Waals surface area (Å²) in [5.41, 5.74) is 2.13. The first-order chi connectivity index (χ1) is 9.58. The van der Waals surface area contributed by atoms with Gasteiger partial charge in [-0.05, 0) is 25.0 Å². The zero-order valence-corrected chi connectivity index (χ0v) is 13.4. The number of ether oxygens (including phenoxy) is 1. The minimum Gasteiger partial charge on any atom is -0.497 e. The van der Waals surface area contributed by atoms with Gasteiger partial charge in [-0.25, -0.2) is 0 Å². The van der Waals surface area contributed by atoms with Crippen LogP contribution in [0.1, 0.15) is 19.4 Å². The summed E-state index contributed by atoms with van der Waals surface area (Å²) >= 11 is 0. The van der Waals surface area contributed by atoms with Crippen LogP contribution in [0.25, 0.3) is 5.57 Å². The Labute approximate surface area is 125 Å². The highest BCUT2D eigenvalue weighted by Crippen LogP contribution is 2.17. The van der Waals surface area contributed by atoms with Crippen molar-refractivity contribution < 1.29 is 13.2 Å². The summed E-state index contributed by atoms with van der Waals surface area (Å²) in [4.78, 5) is 0. The van der Waals surface area contributed by atoms with E-state index in [4.69, 9.17) is 4.74 Å². The smallest absolute Gasteiger partial charge is 0.110 e. The van der Waals surface area contributed by atoms with Gasteiger partial charge in [0, 0.05) is 38.9 Å². The highest BCUT2D eigenvalue weighted by atomic mass is 32.2. The van der Waals surface area contributed by atoms with Gasteiger partial charge in [0.15, 0.2) is 0 Å². The van der Waals surface area contributed by atoms with E-state index in [1.54, 1.807) is 6.26 Å². The van der Waals surface area contributed by atoms with Crippen molar-refractivity contribution >= 4 is 27.2 Å². The normalized spacial score (nSPS) is 28.9. The molecule has 0 amide bonds. The summed E-state index contributed by atoms with van der Waals surface area (Å²) in [7, 11) is -1.79. The molecule has 1 aliphatic rings. The molecule has 4 atom stereocenters. The van der Waals surface area contributed by atoms with Gasteiger partial charge >= 0.3 is 0 Å². The van der Waals surface area contributed by atoms with Gasteiger partial charge < -0.3 is 4.74 Å². The lowest BCUT2D eigenvalue weighted by atomic mass is 10.1. The maximum Gasteiger partial charge on any atom is 0.110 e. The van der Waals surface area contributed by atoms with Gasteiger partial charge in [-0.3, -0.25) is 8.42 Å². The first kappa shape index (κ1) is 15.4. The highest BCUT2D eigenvalue weighted by molar-refractivity contribution is 7.92. The Morgan fingerprint density at radius 2 is 2.00 bits per heavy atom. The lowest BCUT2D eigenvalue weighted by molar-refractivity contribution is 0.163. The number of rotatable bonds is 4. The molecule has 0 bridgehead atoms. The number of hydrogen-bond donors (Lipinski definition) is 0. The van der Waals surface area contributed by atoms with Crippen molar-refractivity contribution in [2.75, 3.05) is 17.3 Å². The second-order valence-corrected chi connectivity index (χ2v) is 8.34. The average molecular weight is 312 g/mol. The molecule has 1 heterocycles. The van der Waals surface area contributed by atoms with Crippen LogP contribution in [0.15, 0.2) is 36.6 Å². The third kappa shape index (κ3) is 4.03. The first-order valence-electron chi connectivity index (χ1n) is 6.67. The fraction of sp³-hybridized carbons (Fsp3) is 0.467. The molecule has 1 aliphatic heterocycles. The summed E-state index contributed by atoms with van der Waals surface area (Å²) in [6.45, 7) is 3.89. The van der Waals surface area contributed by atoms with Crippen molar-refractivity contribution in [2.45, 2.75) is 25.2 Å². The zero-order valence-electron chi connectivity index (χ0n) is 11.8. The maximum atomic E-state index is 12.0. The van der Waals surface area contributed by atoms with Gasteiger partial charge in [-0.2, -0.15) is 0 Å². The Hall–Kier alpha value is -0.940. The summed E-state index contributed by atoms with van der Waals surface area (Å²) < 4.78 is 29.3. The molecular formula is C15H20O3S2. The van der Waals surface area contributed by atoms with Crippen LogP contribution in [-0.4, -0.2) is 37.0 Å². The van der Waals surface area contributed by atoms with E-state index in [9.17, 15) is 8.42 Å². The van der Waals surface area contributed by atoms with Crippen molar-refractivity contribution in [1.82, 2.24) is 0 Å². The summed E-state index contributed by atoms with van der Waals surface area (Å²) in [5, 5.41) is -0.135. The molecule has 110 valence electrons.